The molecule has 0 atom stereocenters. The van der Waals surface area contributed by atoms with Gasteiger partial charge in [-0.2, -0.15) is 0 Å². The molecule has 0 unspecified atom stereocenters. The fourth-order valence-electron chi connectivity index (χ4n) is 2.26. The summed E-state index contributed by atoms with van der Waals surface area (Å²) in [6.07, 6.45) is 3.29. The lowest BCUT2D eigenvalue weighted by atomic mass is 10.2. The van der Waals surface area contributed by atoms with Crippen LogP contribution in [0.2, 0.25) is 0 Å². The first kappa shape index (κ1) is 19.6. The summed E-state index contributed by atoms with van der Waals surface area (Å²) in [6.45, 7) is 0.291. The molecule has 0 aliphatic heterocycles. The number of carbonyl (C=O) groups excluding carboxylic acids is 1. The summed E-state index contributed by atoms with van der Waals surface area (Å²) < 4.78 is 27.4. The van der Waals surface area contributed by atoms with Gasteiger partial charge in [0.15, 0.2) is 11.6 Å². The third-order valence-electron chi connectivity index (χ3n) is 3.69. The number of rotatable bonds is 4. The van der Waals surface area contributed by atoms with Crippen LogP contribution in [0.1, 0.15) is 15.9 Å². The number of nitrogens with zero attached hydrogens (tertiary/aromatic N) is 2. The maximum Gasteiger partial charge on any atom is 0.258 e. The number of hydrogen-bond acceptors (Lipinski definition) is 3. The second-order valence-corrected chi connectivity index (χ2v) is 6.65. The van der Waals surface area contributed by atoms with E-state index in [1.165, 1.54) is 6.07 Å². The van der Waals surface area contributed by atoms with E-state index in [9.17, 15) is 13.6 Å². The first-order chi connectivity index (χ1) is 13.5. The Labute approximate surface area is 168 Å². The number of carbonyl (C=O) groups is 1. The number of aliphatic imine (C=N–C) groups is 1. The zero-order valence-electron chi connectivity index (χ0n) is 14.5. The van der Waals surface area contributed by atoms with Crippen molar-refractivity contribution >= 4 is 33.5 Å². The normalized spacial score (nSPS) is 11.2. The standard InChI is InChI=1S/C20H15BrF2N4O/c21-15-2-4-16(5-3-15)26-20(25-12-13-7-9-24-10-8-13)27-19(28)14-1-6-17(22)18(23)11-14/h1-11H,12H2,(H2,25,26,27,28). The van der Waals surface area contributed by atoms with E-state index in [4.69, 9.17) is 0 Å². The Morgan fingerprint density at radius 1 is 1.00 bits per heavy atom. The van der Waals surface area contributed by atoms with Crippen LogP contribution in [-0.2, 0) is 6.54 Å². The SMILES string of the molecule is O=C(NC(=NCc1ccncc1)Nc1ccc(Br)cc1)c1ccc(F)c(F)c1. The molecule has 1 amide bonds. The number of amides is 1. The quantitative estimate of drug-likeness (QED) is 0.459. The van der Waals surface area contributed by atoms with Crippen molar-refractivity contribution in [3.63, 3.8) is 0 Å². The maximum atomic E-state index is 13.4. The van der Waals surface area contributed by atoms with Crippen molar-refractivity contribution in [1.82, 2.24) is 10.3 Å². The van der Waals surface area contributed by atoms with Crippen molar-refractivity contribution in [2.45, 2.75) is 6.54 Å². The van der Waals surface area contributed by atoms with Gasteiger partial charge in [-0.25, -0.2) is 13.8 Å². The lowest BCUT2D eigenvalue weighted by Crippen LogP contribution is -2.36. The number of pyridine rings is 1. The van der Waals surface area contributed by atoms with Crippen molar-refractivity contribution in [2.24, 2.45) is 4.99 Å². The number of hydrogen-bond donors (Lipinski definition) is 2. The summed E-state index contributed by atoms with van der Waals surface area (Å²) in [5.41, 5.74) is 1.57. The predicted octanol–water partition coefficient (Wildman–Crippen LogP) is 4.52. The largest absolute Gasteiger partial charge is 0.326 e. The molecule has 0 aliphatic carbocycles. The molecular weight excluding hydrogens is 430 g/mol. The molecule has 142 valence electrons. The van der Waals surface area contributed by atoms with Crippen molar-refractivity contribution in [3.05, 3.63) is 94.2 Å². The van der Waals surface area contributed by atoms with E-state index < -0.39 is 17.5 Å². The smallest absolute Gasteiger partial charge is 0.258 e. The second kappa shape index (κ2) is 9.18. The highest BCUT2D eigenvalue weighted by atomic mass is 79.9. The number of halogens is 3. The van der Waals surface area contributed by atoms with Gasteiger partial charge in [-0.05, 0) is 60.2 Å². The summed E-state index contributed by atoms with van der Waals surface area (Å²) in [6, 6.07) is 13.8. The van der Waals surface area contributed by atoms with Crippen LogP contribution in [0.5, 0.6) is 0 Å². The first-order valence-electron chi connectivity index (χ1n) is 8.23. The summed E-state index contributed by atoms with van der Waals surface area (Å²) >= 11 is 3.36. The Hall–Kier alpha value is -3.13. The van der Waals surface area contributed by atoms with E-state index >= 15 is 0 Å². The van der Waals surface area contributed by atoms with Gasteiger partial charge in [0, 0.05) is 28.1 Å². The van der Waals surface area contributed by atoms with Gasteiger partial charge in [0.25, 0.3) is 5.91 Å². The molecule has 5 nitrogen and oxygen atoms in total. The van der Waals surface area contributed by atoms with E-state index in [2.05, 4.69) is 36.5 Å². The molecule has 1 heterocycles. The Bertz CT molecular complexity index is 995. The fourth-order valence-corrected chi connectivity index (χ4v) is 2.52. The molecular formula is C20H15BrF2N4O. The van der Waals surface area contributed by atoms with Gasteiger partial charge >= 0.3 is 0 Å². The molecule has 1 aromatic heterocycles. The van der Waals surface area contributed by atoms with E-state index in [0.29, 0.717) is 12.2 Å². The number of aromatic nitrogens is 1. The maximum absolute atomic E-state index is 13.4. The lowest BCUT2D eigenvalue weighted by Gasteiger charge is -2.12. The average Bonchev–Trinajstić information content (AvgIpc) is 2.70. The van der Waals surface area contributed by atoms with Crippen LogP contribution in [-0.4, -0.2) is 16.9 Å². The van der Waals surface area contributed by atoms with Crippen LogP contribution >= 0.6 is 15.9 Å². The highest BCUT2D eigenvalue weighted by molar-refractivity contribution is 9.10. The number of nitrogens with one attached hydrogen (secondary N) is 2. The topological polar surface area (TPSA) is 66.4 Å². The van der Waals surface area contributed by atoms with Gasteiger partial charge in [0.05, 0.1) is 6.54 Å². The highest BCUT2D eigenvalue weighted by Gasteiger charge is 2.12. The minimum Gasteiger partial charge on any atom is -0.326 e. The van der Waals surface area contributed by atoms with Crippen LogP contribution in [0, 0.1) is 11.6 Å². The second-order valence-electron chi connectivity index (χ2n) is 5.74. The molecule has 8 heteroatoms. The Morgan fingerprint density at radius 3 is 2.39 bits per heavy atom. The van der Waals surface area contributed by atoms with Crippen molar-refractivity contribution in [2.75, 3.05) is 5.32 Å². The average molecular weight is 445 g/mol. The molecule has 0 saturated carbocycles. The van der Waals surface area contributed by atoms with Gasteiger partial charge in [-0.3, -0.25) is 15.1 Å². The molecule has 3 aromatic rings. The van der Waals surface area contributed by atoms with Gasteiger partial charge in [0.2, 0.25) is 5.96 Å². The lowest BCUT2D eigenvalue weighted by molar-refractivity contribution is 0.0976. The molecule has 0 bridgehead atoms. The highest BCUT2D eigenvalue weighted by Crippen LogP contribution is 2.14. The Kier molecular flexibility index (Phi) is 6.44. The molecule has 2 aromatic carbocycles. The van der Waals surface area contributed by atoms with Gasteiger partial charge in [-0.1, -0.05) is 15.9 Å². The molecule has 28 heavy (non-hydrogen) atoms. The fraction of sp³-hybridized carbons (Fsp3) is 0.0500. The van der Waals surface area contributed by atoms with Gasteiger partial charge in [-0.15, -0.1) is 0 Å². The third kappa shape index (κ3) is 5.43. The van der Waals surface area contributed by atoms with E-state index in [1.807, 2.05) is 12.1 Å². The molecule has 0 aliphatic rings. The Balaban J connectivity index is 1.80. The summed E-state index contributed by atoms with van der Waals surface area (Å²) in [4.78, 5) is 20.8. The molecule has 0 fully saturated rings. The molecule has 0 radical (unpaired) electrons. The summed E-state index contributed by atoms with van der Waals surface area (Å²) in [7, 11) is 0. The van der Waals surface area contributed by atoms with Crippen LogP contribution in [0.3, 0.4) is 0 Å². The number of anilines is 1. The number of benzene rings is 2. The van der Waals surface area contributed by atoms with Crippen molar-refractivity contribution in [1.29, 1.82) is 0 Å². The predicted molar refractivity (Wildman–Crippen MR) is 107 cm³/mol. The monoisotopic (exact) mass is 444 g/mol. The Morgan fingerprint density at radius 2 is 1.71 bits per heavy atom. The number of guanidine groups is 1. The van der Waals surface area contributed by atoms with E-state index in [-0.39, 0.29) is 11.5 Å². The zero-order valence-corrected chi connectivity index (χ0v) is 16.1. The van der Waals surface area contributed by atoms with Crippen LogP contribution < -0.4 is 10.6 Å². The van der Waals surface area contributed by atoms with Crippen LogP contribution in [0.15, 0.2) is 76.5 Å². The summed E-state index contributed by atoms with van der Waals surface area (Å²) in [5.74, 6) is -2.55. The third-order valence-corrected chi connectivity index (χ3v) is 4.22. The minimum atomic E-state index is -1.09. The van der Waals surface area contributed by atoms with Crippen LogP contribution in [0.25, 0.3) is 0 Å². The van der Waals surface area contributed by atoms with Crippen LogP contribution in [0.4, 0.5) is 14.5 Å². The van der Waals surface area contributed by atoms with Crippen molar-refractivity contribution in [3.8, 4) is 0 Å². The summed E-state index contributed by atoms with van der Waals surface area (Å²) in [5, 5.41) is 5.61. The van der Waals surface area contributed by atoms with Gasteiger partial charge in [0.1, 0.15) is 0 Å². The zero-order chi connectivity index (χ0) is 19.9. The molecule has 2 N–H and O–H groups in total. The van der Waals surface area contributed by atoms with E-state index in [1.54, 1.807) is 36.7 Å². The molecule has 0 saturated heterocycles. The van der Waals surface area contributed by atoms with E-state index in [0.717, 1.165) is 22.2 Å². The van der Waals surface area contributed by atoms with Gasteiger partial charge < -0.3 is 5.32 Å². The molecule has 3 rings (SSSR count). The molecule has 0 spiro atoms. The first-order valence-corrected chi connectivity index (χ1v) is 9.03. The minimum absolute atomic E-state index is 0.0203. The van der Waals surface area contributed by atoms with Crippen molar-refractivity contribution < 1.29 is 13.6 Å².